The van der Waals surface area contributed by atoms with Crippen LogP contribution in [0, 0.1) is 5.92 Å². The molecule has 1 aliphatic rings. The summed E-state index contributed by atoms with van der Waals surface area (Å²) in [6.07, 6.45) is 2.19. The first-order valence-corrected chi connectivity index (χ1v) is 8.22. The molecule has 2 rings (SSSR count). The van der Waals surface area contributed by atoms with Crippen LogP contribution >= 0.6 is 11.6 Å². The fourth-order valence-corrected chi connectivity index (χ4v) is 4.57. The van der Waals surface area contributed by atoms with Crippen LogP contribution in [0.5, 0.6) is 0 Å². The molecule has 1 aromatic rings. The Morgan fingerprint density at radius 3 is 2.86 bits per heavy atom. The highest BCUT2D eigenvalue weighted by atomic mass is 35.5. The number of pyridine rings is 1. The highest BCUT2D eigenvalue weighted by Gasteiger charge is 2.40. The molecule has 1 fully saturated rings. The number of carbonyl (C=O) groups is 1. The summed E-state index contributed by atoms with van der Waals surface area (Å²) in [6.45, 7) is 1.84. The highest BCUT2D eigenvalue weighted by Crippen LogP contribution is 2.31. The smallest absolute Gasteiger partial charge is 0.308 e. The second-order valence-electron chi connectivity index (χ2n) is 4.98. The molecule has 0 aromatic carbocycles. The molecule has 2 atom stereocenters. The van der Waals surface area contributed by atoms with Gasteiger partial charge in [-0.15, -0.1) is 0 Å². The Morgan fingerprint density at radius 1 is 1.57 bits per heavy atom. The van der Waals surface area contributed by atoms with Crippen LogP contribution in [0.4, 0.5) is 5.82 Å². The van der Waals surface area contributed by atoms with Gasteiger partial charge in [-0.1, -0.05) is 11.6 Å². The van der Waals surface area contributed by atoms with Crippen LogP contribution in [0.1, 0.15) is 19.8 Å². The number of hydrogen-bond donors (Lipinski definition) is 2. The van der Waals surface area contributed by atoms with Crippen LogP contribution in [0.25, 0.3) is 0 Å². The first kappa shape index (κ1) is 16.0. The summed E-state index contributed by atoms with van der Waals surface area (Å²) in [5.74, 6) is -1.88. The quantitative estimate of drug-likeness (QED) is 0.858. The van der Waals surface area contributed by atoms with E-state index < -0.39 is 28.0 Å². The number of anilines is 1. The zero-order valence-electron chi connectivity index (χ0n) is 11.4. The summed E-state index contributed by atoms with van der Waals surface area (Å²) >= 11 is 5.78. The summed E-state index contributed by atoms with van der Waals surface area (Å²) in [4.78, 5) is 14.8. The number of nitrogen functional groups attached to an aromatic ring is 1. The normalized spacial score (nSPS) is 23.9. The third-order valence-corrected chi connectivity index (χ3v) is 5.90. The van der Waals surface area contributed by atoms with E-state index in [1.807, 2.05) is 0 Å². The zero-order chi connectivity index (χ0) is 15.8. The third-order valence-electron chi connectivity index (χ3n) is 3.68. The molecule has 116 valence electrons. The van der Waals surface area contributed by atoms with Crippen molar-refractivity contribution < 1.29 is 18.3 Å². The van der Waals surface area contributed by atoms with Crippen molar-refractivity contribution in [3.63, 3.8) is 0 Å². The maximum absolute atomic E-state index is 12.7. The Kier molecular flexibility index (Phi) is 4.40. The van der Waals surface area contributed by atoms with Gasteiger partial charge in [0, 0.05) is 18.8 Å². The van der Waals surface area contributed by atoms with Gasteiger partial charge < -0.3 is 10.8 Å². The largest absolute Gasteiger partial charge is 0.481 e. The van der Waals surface area contributed by atoms with E-state index in [2.05, 4.69) is 4.98 Å². The average molecular weight is 334 g/mol. The van der Waals surface area contributed by atoms with Crippen molar-refractivity contribution in [1.82, 2.24) is 9.29 Å². The lowest BCUT2D eigenvalue weighted by molar-refractivity contribution is -0.144. The number of aliphatic carboxylic acids is 1. The number of rotatable bonds is 3. The molecule has 0 amide bonds. The van der Waals surface area contributed by atoms with E-state index in [1.165, 1.54) is 16.6 Å². The summed E-state index contributed by atoms with van der Waals surface area (Å²) in [7, 11) is -3.93. The van der Waals surface area contributed by atoms with E-state index in [0.29, 0.717) is 12.8 Å². The van der Waals surface area contributed by atoms with Crippen LogP contribution in [0.2, 0.25) is 5.02 Å². The van der Waals surface area contributed by atoms with Crippen LogP contribution in [-0.2, 0) is 14.8 Å². The minimum Gasteiger partial charge on any atom is -0.481 e. The molecule has 0 saturated carbocycles. The Balaban J connectivity index is 2.43. The van der Waals surface area contributed by atoms with Gasteiger partial charge in [-0.25, -0.2) is 13.4 Å². The Hall–Kier alpha value is -1.38. The fraction of sp³-hybridized carbons (Fsp3) is 0.500. The third kappa shape index (κ3) is 2.97. The first-order chi connectivity index (χ1) is 9.75. The van der Waals surface area contributed by atoms with Crippen molar-refractivity contribution in [3.8, 4) is 0 Å². The van der Waals surface area contributed by atoms with Gasteiger partial charge in [-0.05, 0) is 25.8 Å². The van der Waals surface area contributed by atoms with Crippen LogP contribution in [0.3, 0.4) is 0 Å². The lowest BCUT2D eigenvalue weighted by Gasteiger charge is -2.36. The lowest BCUT2D eigenvalue weighted by atomic mass is 9.92. The molecule has 9 heteroatoms. The number of carboxylic acid groups (broad SMARTS) is 1. The number of piperidine rings is 1. The molecule has 0 spiro atoms. The fourth-order valence-electron chi connectivity index (χ4n) is 2.55. The van der Waals surface area contributed by atoms with E-state index in [0.717, 1.165) is 0 Å². The predicted octanol–water partition coefficient (Wildman–Crippen LogP) is 1.19. The summed E-state index contributed by atoms with van der Waals surface area (Å²) < 4.78 is 26.6. The molecule has 2 heterocycles. The van der Waals surface area contributed by atoms with Crippen molar-refractivity contribution in [2.75, 3.05) is 12.3 Å². The SMILES string of the molecule is C[C@@H]1[C@H](C(=O)O)CCCN1S(=O)(=O)c1cc(Cl)cnc1N. The molecular weight excluding hydrogens is 318 g/mol. The van der Waals surface area contributed by atoms with E-state index in [4.69, 9.17) is 17.3 Å². The van der Waals surface area contributed by atoms with Crippen molar-refractivity contribution in [3.05, 3.63) is 17.3 Å². The second kappa shape index (κ2) is 5.78. The number of aromatic nitrogens is 1. The summed E-state index contributed by atoms with van der Waals surface area (Å²) in [5.41, 5.74) is 5.63. The minimum atomic E-state index is -3.93. The van der Waals surface area contributed by atoms with E-state index in [1.54, 1.807) is 6.92 Å². The van der Waals surface area contributed by atoms with E-state index >= 15 is 0 Å². The van der Waals surface area contributed by atoms with Gasteiger partial charge in [0.2, 0.25) is 10.0 Å². The number of hydrogen-bond acceptors (Lipinski definition) is 5. The molecule has 7 nitrogen and oxygen atoms in total. The van der Waals surface area contributed by atoms with Crippen molar-refractivity contribution >= 4 is 33.4 Å². The molecular formula is C12H16ClN3O4S. The first-order valence-electron chi connectivity index (χ1n) is 6.41. The molecule has 0 bridgehead atoms. The Morgan fingerprint density at radius 2 is 2.24 bits per heavy atom. The number of nitrogens with zero attached hydrogens (tertiary/aromatic N) is 2. The maximum Gasteiger partial charge on any atom is 0.308 e. The average Bonchev–Trinajstić information content (AvgIpc) is 2.41. The van der Waals surface area contributed by atoms with Crippen LogP contribution < -0.4 is 5.73 Å². The molecule has 0 unspecified atom stereocenters. The number of sulfonamides is 1. The predicted molar refractivity (Wildman–Crippen MR) is 77.4 cm³/mol. The van der Waals surface area contributed by atoms with Crippen molar-refractivity contribution in [1.29, 1.82) is 0 Å². The molecule has 21 heavy (non-hydrogen) atoms. The molecule has 1 saturated heterocycles. The number of carboxylic acids is 1. The monoisotopic (exact) mass is 333 g/mol. The van der Waals surface area contributed by atoms with Gasteiger partial charge in [0.1, 0.15) is 10.7 Å². The summed E-state index contributed by atoms with van der Waals surface area (Å²) in [5, 5.41) is 9.34. The molecule has 1 aromatic heterocycles. The lowest BCUT2D eigenvalue weighted by Crippen LogP contribution is -2.49. The number of nitrogens with two attached hydrogens (primary N) is 1. The van der Waals surface area contributed by atoms with Crippen LogP contribution in [-0.4, -0.2) is 41.4 Å². The molecule has 3 N–H and O–H groups in total. The Labute approximate surface area is 127 Å². The molecule has 1 aliphatic heterocycles. The Bertz CT molecular complexity index is 664. The second-order valence-corrected chi connectivity index (χ2v) is 7.28. The van der Waals surface area contributed by atoms with E-state index in [-0.39, 0.29) is 22.3 Å². The van der Waals surface area contributed by atoms with Gasteiger partial charge in [-0.3, -0.25) is 4.79 Å². The van der Waals surface area contributed by atoms with Crippen molar-refractivity contribution in [2.45, 2.75) is 30.7 Å². The minimum absolute atomic E-state index is 0.149. The molecule has 0 aliphatic carbocycles. The van der Waals surface area contributed by atoms with E-state index in [9.17, 15) is 18.3 Å². The highest BCUT2D eigenvalue weighted by molar-refractivity contribution is 7.89. The van der Waals surface area contributed by atoms with Gasteiger partial charge in [-0.2, -0.15) is 4.31 Å². The topological polar surface area (TPSA) is 114 Å². The van der Waals surface area contributed by atoms with Crippen molar-refractivity contribution in [2.24, 2.45) is 5.92 Å². The maximum atomic E-state index is 12.7. The van der Waals surface area contributed by atoms with Crippen LogP contribution in [0.15, 0.2) is 17.2 Å². The summed E-state index contributed by atoms with van der Waals surface area (Å²) in [6, 6.07) is 0.579. The standard InChI is InChI=1S/C12H16ClN3O4S/c1-7-9(12(17)18)3-2-4-16(7)21(19,20)10-5-8(13)6-15-11(10)14/h5-7,9H,2-4H2,1H3,(H2,14,15)(H,17,18)/t7-,9-/m1/s1. The zero-order valence-corrected chi connectivity index (χ0v) is 12.9. The van der Waals surface area contributed by atoms with Gasteiger partial charge in [0.25, 0.3) is 0 Å². The molecule has 0 radical (unpaired) electrons. The number of halogens is 1. The van der Waals surface area contributed by atoms with Gasteiger partial charge in [0.05, 0.1) is 10.9 Å². The van der Waals surface area contributed by atoms with Gasteiger partial charge >= 0.3 is 5.97 Å². The van der Waals surface area contributed by atoms with Gasteiger partial charge in [0.15, 0.2) is 0 Å².